The largest absolute Gasteiger partial charge is 0.496 e. The van der Waals surface area contributed by atoms with E-state index in [2.05, 4.69) is 38.1 Å². The molecule has 0 saturated carbocycles. The standard InChI is InChI=1S/C31H36FN5O2/c1-5-11-36-12-14-37(15-13-36)25-9-10-28(34-20-25)35-29-17-22-7-8-23(16-24(22)19-33-29)30-21(3)26(38-4)18-27(31(30)32)39-6-2/h7-10,16-20H,5-6,11-15H2,1-4H3,(H,33,34,35). The number of nitrogens with zero attached hydrogens (tertiary/aromatic N) is 4. The minimum atomic E-state index is -0.391. The lowest BCUT2D eigenvalue weighted by atomic mass is 9.96. The minimum Gasteiger partial charge on any atom is -0.496 e. The van der Waals surface area contributed by atoms with Gasteiger partial charge in [-0.15, -0.1) is 0 Å². The molecule has 8 heteroatoms. The average molecular weight is 530 g/mol. The number of piperazine rings is 1. The van der Waals surface area contributed by atoms with Crippen LogP contribution in [0.25, 0.3) is 21.9 Å². The van der Waals surface area contributed by atoms with Crippen LogP contribution in [-0.4, -0.2) is 61.3 Å². The number of aromatic nitrogens is 2. The number of pyridine rings is 2. The number of methoxy groups -OCH3 is 1. The highest BCUT2D eigenvalue weighted by atomic mass is 19.1. The lowest BCUT2D eigenvalue weighted by molar-refractivity contribution is 0.258. The molecule has 5 rings (SSSR count). The molecule has 0 aliphatic carbocycles. The van der Waals surface area contributed by atoms with Crippen LogP contribution in [0.4, 0.5) is 21.7 Å². The van der Waals surface area contributed by atoms with Crippen molar-refractivity contribution < 1.29 is 13.9 Å². The van der Waals surface area contributed by atoms with Crippen molar-refractivity contribution in [1.29, 1.82) is 0 Å². The van der Waals surface area contributed by atoms with Gasteiger partial charge in [-0.25, -0.2) is 14.4 Å². The first-order chi connectivity index (χ1) is 19.0. The number of nitrogens with one attached hydrogen (secondary N) is 1. The van der Waals surface area contributed by atoms with Gasteiger partial charge in [-0.1, -0.05) is 19.1 Å². The minimum absolute atomic E-state index is 0.185. The van der Waals surface area contributed by atoms with Crippen molar-refractivity contribution in [2.24, 2.45) is 0 Å². The predicted molar refractivity (Wildman–Crippen MR) is 156 cm³/mol. The van der Waals surface area contributed by atoms with Crippen LogP contribution >= 0.6 is 0 Å². The first kappa shape index (κ1) is 26.7. The Labute approximate surface area is 229 Å². The summed E-state index contributed by atoms with van der Waals surface area (Å²) in [6.07, 6.45) is 4.91. The van der Waals surface area contributed by atoms with E-state index >= 15 is 4.39 Å². The van der Waals surface area contributed by atoms with Gasteiger partial charge in [0.2, 0.25) is 0 Å². The Morgan fingerprint density at radius 2 is 1.69 bits per heavy atom. The summed E-state index contributed by atoms with van der Waals surface area (Å²) in [6, 6.07) is 13.5. The van der Waals surface area contributed by atoms with Gasteiger partial charge in [0.1, 0.15) is 17.4 Å². The number of halogens is 1. The molecule has 1 saturated heterocycles. The van der Waals surface area contributed by atoms with Crippen LogP contribution in [0.5, 0.6) is 11.5 Å². The van der Waals surface area contributed by atoms with Gasteiger partial charge < -0.3 is 19.7 Å². The second-order valence-corrected chi connectivity index (χ2v) is 9.81. The van der Waals surface area contributed by atoms with Gasteiger partial charge in [0.05, 0.1) is 25.6 Å². The van der Waals surface area contributed by atoms with Crippen LogP contribution in [0, 0.1) is 12.7 Å². The highest BCUT2D eigenvalue weighted by molar-refractivity contribution is 5.89. The van der Waals surface area contributed by atoms with Gasteiger partial charge in [0.15, 0.2) is 11.6 Å². The van der Waals surface area contributed by atoms with E-state index in [1.165, 1.54) is 13.0 Å². The topological polar surface area (TPSA) is 62.8 Å². The Hall–Kier alpha value is -3.91. The van der Waals surface area contributed by atoms with Gasteiger partial charge in [-0.05, 0) is 62.0 Å². The summed E-state index contributed by atoms with van der Waals surface area (Å²) in [5.41, 5.74) is 3.08. The summed E-state index contributed by atoms with van der Waals surface area (Å²) in [5, 5.41) is 5.20. The number of anilines is 3. The molecule has 2 aromatic heterocycles. The summed E-state index contributed by atoms with van der Waals surface area (Å²) in [6.45, 7) is 11.7. The molecule has 0 atom stereocenters. The zero-order chi connectivity index (χ0) is 27.4. The predicted octanol–water partition coefficient (Wildman–Crippen LogP) is 6.43. The fourth-order valence-corrected chi connectivity index (χ4v) is 5.21. The fourth-order valence-electron chi connectivity index (χ4n) is 5.21. The van der Waals surface area contributed by atoms with Gasteiger partial charge in [0, 0.05) is 55.0 Å². The first-order valence-electron chi connectivity index (χ1n) is 13.6. The van der Waals surface area contributed by atoms with E-state index in [1.54, 1.807) is 19.4 Å². The Balaban J connectivity index is 1.33. The van der Waals surface area contributed by atoms with Crippen LogP contribution in [0.1, 0.15) is 25.8 Å². The molecule has 1 aliphatic rings. The first-order valence-corrected chi connectivity index (χ1v) is 13.6. The second kappa shape index (κ2) is 11.9. The maximum absolute atomic E-state index is 15.4. The SMILES string of the molecule is CCCN1CCN(c2ccc(Nc3cc4ccc(-c5c(C)c(OC)cc(OCC)c5F)cc4cn3)nc2)CC1. The van der Waals surface area contributed by atoms with Crippen molar-refractivity contribution in [3.05, 3.63) is 66.2 Å². The lowest BCUT2D eigenvalue weighted by Crippen LogP contribution is -2.46. The van der Waals surface area contributed by atoms with Gasteiger partial charge in [-0.2, -0.15) is 0 Å². The molecular weight excluding hydrogens is 493 g/mol. The van der Waals surface area contributed by atoms with E-state index in [9.17, 15) is 0 Å². The number of fused-ring (bicyclic) bond motifs is 1. The van der Waals surface area contributed by atoms with E-state index in [1.807, 2.05) is 50.4 Å². The quantitative estimate of drug-likeness (QED) is 0.268. The number of hydrogen-bond donors (Lipinski definition) is 1. The number of hydrogen-bond acceptors (Lipinski definition) is 7. The van der Waals surface area contributed by atoms with E-state index in [-0.39, 0.29) is 5.75 Å². The molecule has 1 aliphatic heterocycles. The van der Waals surface area contributed by atoms with Crippen LogP contribution in [-0.2, 0) is 0 Å². The summed E-state index contributed by atoms with van der Waals surface area (Å²) in [4.78, 5) is 14.1. The van der Waals surface area contributed by atoms with E-state index in [0.717, 1.165) is 59.6 Å². The van der Waals surface area contributed by atoms with Crippen molar-refractivity contribution >= 4 is 28.1 Å². The Bertz CT molecular complexity index is 1440. The zero-order valence-corrected chi connectivity index (χ0v) is 23.1. The molecule has 4 aromatic rings. The van der Waals surface area contributed by atoms with Crippen LogP contribution in [0.3, 0.4) is 0 Å². The number of rotatable bonds is 9. The van der Waals surface area contributed by atoms with Crippen LogP contribution < -0.4 is 19.7 Å². The summed E-state index contributed by atoms with van der Waals surface area (Å²) < 4.78 is 26.4. The normalized spacial score (nSPS) is 14.0. The Kier molecular flexibility index (Phi) is 8.12. The molecule has 39 heavy (non-hydrogen) atoms. The molecule has 0 spiro atoms. The molecular formula is C31H36FN5O2. The van der Waals surface area contributed by atoms with Gasteiger partial charge in [0.25, 0.3) is 0 Å². The monoisotopic (exact) mass is 529 g/mol. The maximum atomic E-state index is 15.4. The smallest absolute Gasteiger partial charge is 0.173 e. The molecule has 0 amide bonds. The molecule has 0 unspecified atom stereocenters. The molecule has 2 aromatic carbocycles. The summed E-state index contributed by atoms with van der Waals surface area (Å²) in [5.74, 6) is 1.82. The van der Waals surface area contributed by atoms with Crippen molar-refractivity contribution in [3.8, 4) is 22.6 Å². The van der Waals surface area contributed by atoms with Crippen molar-refractivity contribution in [1.82, 2.24) is 14.9 Å². The molecule has 3 heterocycles. The third-order valence-electron chi connectivity index (χ3n) is 7.25. The molecule has 0 bridgehead atoms. The fraction of sp³-hybridized carbons (Fsp3) is 0.355. The Morgan fingerprint density at radius 3 is 2.38 bits per heavy atom. The summed E-state index contributed by atoms with van der Waals surface area (Å²) >= 11 is 0. The van der Waals surface area contributed by atoms with Crippen molar-refractivity contribution in [3.63, 3.8) is 0 Å². The van der Waals surface area contributed by atoms with Crippen LogP contribution in [0.2, 0.25) is 0 Å². The highest BCUT2D eigenvalue weighted by Gasteiger charge is 2.20. The third-order valence-corrected chi connectivity index (χ3v) is 7.25. The maximum Gasteiger partial charge on any atom is 0.173 e. The average Bonchev–Trinajstić information content (AvgIpc) is 2.96. The van der Waals surface area contributed by atoms with E-state index in [0.29, 0.717) is 23.7 Å². The third kappa shape index (κ3) is 5.76. The molecule has 1 fully saturated rings. The lowest BCUT2D eigenvalue weighted by Gasteiger charge is -2.35. The molecule has 0 radical (unpaired) electrons. The number of ether oxygens (including phenoxy) is 2. The van der Waals surface area contributed by atoms with E-state index < -0.39 is 5.82 Å². The van der Waals surface area contributed by atoms with Gasteiger partial charge in [-0.3, -0.25) is 4.90 Å². The molecule has 204 valence electrons. The number of benzene rings is 2. The second-order valence-electron chi connectivity index (χ2n) is 9.81. The summed E-state index contributed by atoms with van der Waals surface area (Å²) in [7, 11) is 1.58. The van der Waals surface area contributed by atoms with Crippen LogP contribution in [0.15, 0.2) is 54.9 Å². The van der Waals surface area contributed by atoms with E-state index in [4.69, 9.17) is 9.47 Å². The van der Waals surface area contributed by atoms with Crippen molar-refractivity contribution in [2.75, 3.05) is 56.7 Å². The van der Waals surface area contributed by atoms with Gasteiger partial charge >= 0.3 is 0 Å². The molecule has 1 N–H and O–H groups in total. The Morgan fingerprint density at radius 1 is 0.897 bits per heavy atom. The zero-order valence-electron chi connectivity index (χ0n) is 23.1. The molecule has 7 nitrogen and oxygen atoms in total. The van der Waals surface area contributed by atoms with Crippen molar-refractivity contribution in [2.45, 2.75) is 27.2 Å². The highest BCUT2D eigenvalue weighted by Crippen LogP contribution is 2.39.